The van der Waals surface area contributed by atoms with E-state index in [4.69, 9.17) is 9.47 Å². The van der Waals surface area contributed by atoms with Crippen LogP contribution in [0.1, 0.15) is 32.4 Å². The Hall–Kier alpha value is -5.38. The minimum Gasteiger partial charge on any atom is -0.457 e. The Morgan fingerprint density at radius 2 is 1.11 bits per heavy atom. The predicted molar refractivity (Wildman–Crippen MR) is 132 cm³/mol. The van der Waals surface area contributed by atoms with Gasteiger partial charge >= 0.3 is 5.97 Å². The lowest BCUT2D eigenvalue weighted by molar-refractivity contribution is -0.385. The maximum Gasteiger partial charge on any atom is 0.339 e. The average molecular weight is 498 g/mol. The molecule has 0 heterocycles. The van der Waals surface area contributed by atoms with Gasteiger partial charge in [-0.2, -0.15) is 0 Å². The van der Waals surface area contributed by atoms with Gasteiger partial charge < -0.3 is 9.47 Å². The van der Waals surface area contributed by atoms with Crippen molar-refractivity contribution in [3.63, 3.8) is 0 Å². The monoisotopic (exact) mass is 498 g/mol. The molecule has 1 atom stereocenters. The van der Waals surface area contributed by atoms with Crippen molar-refractivity contribution in [2.45, 2.75) is 6.10 Å². The van der Waals surface area contributed by atoms with Crippen LogP contribution in [-0.4, -0.2) is 21.6 Å². The molecule has 4 rings (SSSR count). The Bertz CT molecular complexity index is 1440. The topological polar surface area (TPSA) is 139 Å². The number of ketones is 1. The van der Waals surface area contributed by atoms with Gasteiger partial charge in [0.1, 0.15) is 11.5 Å². The van der Waals surface area contributed by atoms with Crippen LogP contribution in [0.5, 0.6) is 11.5 Å². The highest BCUT2D eigenvalue weighted by molar-refractivity contribution is 6.02. The maximum absolute atomic E-state index is 13.2. The third kappa shape index (κ3) is 6.01. The summed E-state index contributed by atoms with van der Waals surface area (Å²) in [6.07, 6.45) is -1.33. The molecule has 184 valence electrons. The molecule has 0 unspecified atom stereocenters. The normalized spacial score (nSPS) is 11.2. The minimum atomic E-state index is -1.33. The molecule has 0 fully saturated rings. The first-order valence-corrected chi connectivity index (χ1v) is 10.9. The number of nitro groups is 2. The zero-order valence-corrected chi connectivity index (χ0v) is 19.1. The van der Waals surface area contributed by atoms with Crippen LogP contribution >= 0.6 is 0 Å². The molecule has 0 aliphatic heterocycles. The first-order valence-electron chi connectivity index (χ1n) is 10.9. The fourth-order valence-corrected chi connectivity index (χ4v) is 3.40. The molecule has 0 aromatic heterocycles. The van der Waals surface area contributed by atoms with Crippen molar-refractivity contribution < 1.29 is 28.9 Å². The number of nitro benzene ring substituents is 2. The lowest BCUT2D eigenvalue weighted by Crippen LogP contribution is -2.20. The van der Waals surface area contributed by atoms with Crippen LogP contribution < -0.4 is 4.74 Å². The third-order valence-corrected chi connectivity index (χ3v) is 5.30. The summed E-state index contributed by atoms with van der Waals surface area (Å²) in [6, 6.07) is 24.9. The molecular formula is C27H18N2O8. The molecule has 0 saturated carbocycles. The minimum absolute atomic E-state index is 0.0712. The van der Waals surface area contributed by atoms with E-state index >= 15 is 0 Å². The average Bonchev–Trinajstić information content (AvgIpc) is 2.92. The van der Waals surface area contributed by atoms with E-state index in [9.17, 15) is 29.8 Å². The largest absolute Gasteiger partial charge is 0.457 e. The van der Waals surface area contributed by atoms with Gasteiger partial charge in [-0.05, 0) is 48.5 Å². The van der Waals surface area contributed by atoms with Gasteiger partial charge in [0.2, 0.25) is 5.78 Å². The number of rotatable bonds is 9. The molecule has 0 saturated heterocycles. The van der Waals surface area contributed by atoms with E-state index < -0.39 is 27.7 Å². The lowest BCUT2D eigenvalue weighted by atomic mass is 9.99. The van der Waals surface area contributed by atoms with E-state index in [-0.39, 0.29) is 22.5 Å². The number of nitrogens with zero attached hydrogens (tertiary/aromatic N) is 2. The van der Waals surface area contributed by atoms with Gasteiger partial charge in [-0.1, -0.05) is 30.3 Å². The quantitative estimate of drug-likeness (QED) is 0.117. The van der Waals surface area contributed by atoms with Crippen molar-refractivity contribution in [2.24, 2.45) is 0 Å². The first-order chi connectivity index (χ1) is 17.8. The van der Waals surface area contributed by atoms with E-state index in [1.54, 1.807) is 30.3 Å². The van der Waals surface area contributed by atoms with Crippen molar-refractivity contribution in [3.8, 4) is 11.5 Å². The number of carbonyl (C=O) groups excluding carboxylic acids is 2. The summed E-state index contributed by atoms with van der Waals surface area (Å²) in [5, 5.41) is 21.8. The molecule has 0 aliphatic rings. The maximum atomic E-state index is 13.2. The summed E-state index contributed by atoms with van der Waals surface area (Å²) >= 11 is 0. The Kier molecular flexibility index (Phi) is 7.29. The molecule has 0 bridgehead atoms. The highest BCUT2D eigenvalue weighted by Gasteiger charge is 2.27. The van der Waals surface area contributed by atoms with Crippen molar-refractivity contribution >= 4 is 23.1 Å². The van der Waals surface area contributed by atoms with Gasteiger partial charge in [0.05, 0.1) is 15.4 Å². The number of hydrogen-bond donors (Lipinski definition) is 0. The number of esters is 1. The first kappa shape index (κ1) is 24.7. The predicted octanol–water partition coefficient (Wildman–Crippen LogP) is 6.08. The summed E-state index contributed by atoms with van der Waals surface area (Å²) in [5.41, 5.74) is 0.503. The Morgan fingerprint density at radius 1 is 0.622 bits per heavy atom. The zero-order chi connectivity index (χ0) is 26.4. The van der Waals surface area contributed by atoms with E-state index in [1.165, 1.54) is 72.8 Å². The smallest absolute Gasteiger partial charge is 0.339 e. The van der Waals surface area contributed by atoms with E-state index in [0.29, 0.717) is 17.1 Å². The van der Waals surface area contributed by atoms with Crippen LogP contribution in [0, 0.1) is 20.2 Å². The molecule has 10 nitrogen and oxygen atoms in total. The number of non-ortho nitro benzene ring substituents is 2. The summed E-state index contributed by atoms with van der Waals surface area (Å²) in [6.45, 7) is 0. The molecule has 4 aromatic carbocycles. The second kappa shape index (κ2) is 10.9. The van der Waals surface area contributed by atoms with Crippen molar-refractivity contribution in [2.75, 3.05) is 0 Å². The molecule has 37 heavy (non-hydrogen) atoms. The van der Waals surface area contributed by atoms with Crippen LogP contribution in [0.25, 0.3) is 0 Å². The number of Topliss-reactive ketones (excluding diaryl/α,β-unsaturated/α-hetero) is 1. The van der Waals surface area contributed by atoms with Crippen LogP contribution in [0.2, 0.25) is 0 Å². The molecule has 0 aliphatic carbocycles. The summed E-state index contributed by atoms with van der Waals surface area (Å²) in [4.78, 5) is 46.8. The van der Waals surface area contributed by atoms with Crippen LogP contribution in [-0.2, 0) is 4.74 Å². The van der Waals surface area contributed by atoms with Gasteiger partial charge in [-0.3, -0.25) is 25.0 Å². The standard InChI is InChI=1S/C27H18N2O8/c30-25(18-4-2-1-3-5-18)26(19-6-10-21(11-7-19)28(32)33)37-27(31)20-8-14-23(15-9-20)36-24-16-12-22(13-17-24)29(34)35/h1-17,26H/t26-/m1/s1. The van der Waals surface area contributed by atoms with Gasteiger partial charge in [-0.15, -0.1) is 0 Å². The van der Waals surface area contributed by atoms with Crippen molar-refractivity contribution in [3.05, 3.63) is 140 Å². The van der Waals surface area contributed by atoms with Gasteiger partial charge in [-0.25, -0.2) is 4.79 Å². The number of benzene rings is 4. The number of carbonyl (C=O) groups is 2. The number of hydrogen-bond acceptors (Lipinski definition) is 8. The van der Waals surface area contributed by atoms with Gasteiger partial charge in [0.25, 0.3) is 11.4 Å². The highest BCUT2D eigenvalue weighted by atomic mass is 16.6. The van der Waals surface area contributed by atoms with Gasteiger partial charge in [0.15, 0.2) is 6.10 Å². The summed E-state index contributed by atoms with van der Waals surface area (Å²) in [7, 11) is 0. The fourth-order valence-electron chi connectivity index (χ4n) is 3.40. The van der Waals surface area contributed by atoms with Gasteiger partial charge in [0, 0.05) is 35.4 Å². The molecule has 0 radical (unpaired) electrons. The molecule has 10 heteroatoms. The third-order valence-electron chi connectivity index (χ3n) is 5.30. The highest BCUT2D eigenvalue weighted by Crippen LogP contribution is 2.28. The van der Waals surface area contributed by atoms with E-state index in [1.807, 2.05) is 0 Å². The van der Waals surface area contributed by atoms with Crippen LogP contribution in [0.15, 0.2) is 103 Å². The Morgan fingerprint density at radius 3 is 1.62 bits per heavy atom. The lowest BCUT2D eigenvalue weighted by Gasteiger charge is -2.17. The van der Waals surface area contributed by atoms with E-state index in [0.717, 1.165) is 0 Å². The summed E-state index contributed by atoms with van der Waals surface area (Å²) in [5.74, 6) is -0.527. The molecule has 0 amide bonds. The summed E-state index contributed by atoms with van der Waals surface area (Å²) < 4.78 is 11.2. The van der Waals surface area contributed by atoms with Crippen LogP contribution in [0.4, 0.5) is 11.4 Å². The molecule has 0 spiro atoms. The Labute approximate surface area is 210 Å². The second-order valence-corrected chi connectivity index (χ2v) is 7.74. The zero-order valence-electron chi connectivity index (χ0n) is 19.1. The van der Waals surface area contributed by atoms with Crippen LogP contribution in [0.3, 0.4) is 0 Å². The van der Waals surface area contributed by atoms with E-state index in [2.05, 4.69) is 0 Å². The SMILES string of the molecule is O=C(O[C@@H](C(=O)c1ccccc1)c1ccc([N+](=O)[O-])cc1)c1ccc(Oc2ccc([N+](=O)[O-])cc2)cc1. The molecule has 4 aromatic rings. The number of ether oxygens (including phenoxy) is 2. The second-order valence-electron chi connectivity index (χ2n) is 7.74. The fraction of sp³-hybridized carbons (Fsp3) is 0.0370. The Balaban J connectivity index is 1.52. The van der Waals surface area contributed by atoms with Crippen molar-refractivity contribution in [1.82, 2.24) is 0 Å². The molecular weight excluding hydrogens is 480 g/mol. The van der Waals surface area contributed by atoms with Crippen molar-refractivity contribution in [1.29, 1.82) is 0 Å². The molecule has 0 N–H and O–H groups in total.